The summed E-state index contributed by atoms with van der Waals surface area (Å²) in [6, 6.07) is 11.0. The number of rotatable bonds is 3. The average molecular weight is 268 g/mol. The third kappa shape index (κ3) is 2.74. The summed E-state index contributed by atoms with van der Waals surface area (Å²) in [7, 11) is 0. The minimum atomic E-state index is 0.435. The first kappa shape index (κ1) is 12.9. The Morgan fingerprint density at radius 2 is 2.00 bits per heavy atom. The second kappa shape index (κ2) is 5.49. The highest BCUT2D eigenvalue weighted by Crippen LogP contribution is 2.22. The Kier molecular flexibility index (Phi) is 3.54. The van der Waals surface area contributed by atoms with Crippen LogP contribution < -0.4 is 10.2 Å². The molecule has 0 amide bonds. The van der Waals surface area contributed by atoms with Gasteiger partial charge in [0.05, 0.1) is 11.4 Å². The molecule has 1 fully saturated rings. The number of aryl methyl sites for hydroxylation is 2. The molecule has 0 bridgehead atoms. The monoisotopic (exact) mass is 268 g/mol. The van der Waals surface area contributed by atoms with E-state index in [-0.39, 0.29) is 0 Å². The van der Waals surface area contributed by atoms with Crippen LogP contribution in [0.3, 0.4) is 0 Å². The summed E-state index contributed by atoms with van der Waals surface area (Å²) in [6.45, 7) is 6.07. The van der Waals surface area contributed by atoms with Crippen LogP contribution in [0, 0.1) is 13.8 Å². The summed E-state index contributed by atoms with van der Waals surface area (Å²) in [4.78, 5) is 11.3. The molecule has 1 atom stereocenters. The summed E-state index contributed by atoms with van der Waals surface area (Å²) in [5.74, 6) is 0.921. The lowest BCUT2D eigenvalue weighted by Gasteiger charge is -2.19. The van der Waals surface area contributed by atoms with Crippen molar-refractivity contribution in [3.05, 3.63) is 47.9 Å². The van der Waals surface area contributed by atoms with Gasteiger partial charge in [-0.3, -0.25) is 4.98 Å². The fourth-order valence-corrected chi connectivity index (χ4v) is 2.62. The van der Waals surface area contributed by atoms with Crippen molar-refractivity contribution in [3.8, 4) is 0 Å². The molecule has 1 aromatic heterocycles. The maximum absolute atomic E-state index is 4.54. The van der Waals surface area contributed by atoms with Gasteiger partial charge in [-0.25, -0.2) is 4.98 Å². The number of benzene rings is 1. The molecular formula is C16H20N4. The van der Waals surface area contributed by atoms with E-state index in [2.05, 4.69) is 50.5 Å². The third-order valence-corrected chi connectivity index (χ3v) is 3.73. The van der Waals surface area contributed by atoms with Crippen LogP contribution in [-0.2, 0) is 0 Å². The highest BCUT2D eigenvalue weighted by molar-refractivity contribution is 5.49. The summed E-state index contributed by atoms with van der Waals surface area (Å²) >= 11 is 0. The Morgan fingerprint density at radius 1 is 1.20 bits per heavy atom. The Balaban J connectivity index is 1.67. The summed E-state index contributed by atoms with van der Waals surface area (Å²) in [5.41, 5.74) is 3.22. The molecule has 0 saturated carbocycles. The van der Waals surface area contributed by atoms with Crippen LogP contribution in [0.1, 0.15) is 17.8 Å². The van der Waals surface area contributed by atoms with Gasteiger partial charge in [-0.2, -0.15) is 0 Å². The van der Waals surface area contributed by atoms with Gasteiger partial charge >= 0.3 is 0 Å². The van der Waals surface area contributed by atoms with Crippen LogP contribution in [0.4, 0.5) is 11.5 Å². The largest absolute Gasteiger partial charge is 0.369 e. The average Bonchev–Trinajstić information content (AvgIpc) is 2.92. The first-order valence-electron chi connectivity index (χ1n) is 7.09. The molecular weight excluding hydrogens is 248 g/mol. The molecule has 1 N–H and O–H groups in total. The smallest absolute Gasteiger partial charge is 0.148 e. The minimum Gasteiger partial charge on any atom is -0.369 e. The van der Waals surface area contributed by atoms with Crippen LogP contribution in [0.25, 0.3) is 0 Å². The Morgan fingerprint density at radius 3 is 2.80 bits per heavy atom. The number of hydrogen-bond donors (Lipinski definition) is 1. The van der Waals surface area contributed by atoms with E-state index in [4.69, 9.17) is 0 Å². The molecule has 1 aliphatic rings. The van der Waals surface area contributed by atoms with E-state index in [0.29, 0.717) is 6.04 Å². The molecule has 104 valence electrons. The van der Waals surface area contributed by atoms with Gasteiger partial charge in [0.1, 0.15) is 5.82 Å². The normalized spacial score (nSPS) is 18.3. The predicted octanol–water partition coefficient (Wildman–Crippen LogP) is 2.78. The highest BCUT2D eigenvalue weighted by atomic mass is 15.2. The molecule has 3 rings (SSSR count). The summed E-state index contributed by atoms with van der Waals surface area (Å²) in [5, 5.41) is 3.53. The van der Waals surface area contributed by atoms with Gasteiger partial charge in [0, 0.05) is 31.0 Å². The number of anilines is 2. The van der Waals surface area contributed by atoms with Crippen molar-refractivity contribution >= 4 is 11.5 Å². The number of nitrogens with one attached hydrogen (secondary N) is 1. The van der Waals surface area contributed by atoms with Crippen molar-refractivity contribution < 1.29 is 0 Å². The quantitative estimate of drug-likeness (QED) is 0.929. The van der Waals surface area contributed by atoms with Crippen molar-refractivity contribution in [2.45, 2.75) is 26.3 Å². The zero-order chi connectivity index (χ0) is 13.9. The van der Waals surface area contributed by atoms with E-state index in [9.17, 15) is 0 Å². The zero-order valence-electron chi connectivity index (χ0n) is 12.0. The summed E-state index contributed by atoms with van der Waals surface area (Å²) in [6.07, 6.45) is 2.94. The lowest BCUT2D eigenvalue weighted by molar-refractivity contribution is 0.794. The van der Waals surface area contributed by atoms with Gasteiger partial charge in [-0.15, -0.1) is 0 Å². The molecule has 1 unspecified atom stereocenters. The topological polar surface area (TPSA) is 41.1 Å². The Bertz CT molecular complexity index is 582. The maximum Gasteiger partial charge on any atom is 0.148 e. The molecule has 0 radical (unpaired) electrons. The minimum absolute atomic E-state index is 0.435. The predicted molar refractivity (Wildman–Crippen MR) is 82.2 cm³/mol. The first-order chi connectivity index (χ1) is 9.72. The summed E-state index contributed by atoms with van der Waals surface area (Å²) < 4.78 is 0. The van der Waals surface area contributed by atoms with E-state index < -0.39 is 0 Å². The molecule has 2 heterocycles. The van der Waals surface area contributed by atoms with E-state index in [1.54, 1.807) is 0 Å². The molecule has 1 aromatic carbocycles. The van der Waals surface area contributed by atoms with Gasteiger partial charge in [-0.05, 0) is 32.4 Å². The van der Waals surface area contributed by atoms with Crippen LogP contribution in [0.5, 0.6) is 0 Å². The van der Waals surface area contributed by atoms with Crippen molar-refractivity contribution in [2.75, 3.05) is 23.3 Å². The van der Waals surface area contributed by atoms with Gasteiger partial charge in [0.15, 0.2) is 0 Å². The van der Waals surface area contributed by atoms with Gasteiger partial charge in [0.2, 0.25) is 0 Å². The lowest BCUT2D eigenvalue weighted by Crippen LogP contribution is -2.26. The van der Waals surface area contributed by atoms with Crippen LogP contribution in [-0.4, -0.2) is 29.1 Å². The number of aromatic nitrogens is 2. The molecule has 2 aromatic rings. The van der Waals surface area contributed by atoms with Gasteiger partial charge in [-0.1, -0.05) is 18.2 Å². The Hall–Kier alpha value is -2.10. The van der Waals surface area contributed by atoms with E-state index in [0.717, 1.165) is 36.7 Å². The standard InChI is InChI=1S/C16H20N4/c1-12-10-17-13(2)16(18-12)19-14-8-9-20(11-14)15-6-4-3-5-7-15/h3-7,10,14H,8-9,11H2,1-2H3,(H,18,19). The molecule has 4 nitrogen and oxygen atoms in total. The molecule has 0 spiro atoms. The zero-order valence-corrected chi connectivity index (χ0v) is 12.0. The second-order valence-electron chi connectivity index (χ2n) is 5.36. The Labute approximate surface area is 119 Å². The van der Waals surface area contributed by atoms with Gasteiger partial charge < -0.3 is 10.2 Å². The highest BCUT2D eigenvalue weighted by Gasteiger charge is 2.23. The fraction of sp³-hybridized carbons (Fsp3) is 0.375. The molecule has 0 aliphatic carbocycles. The fourth-order valence-electron chi connectivity index (χ4n) is 2.62. The molecule has 1 saturated heterocycles. The first-order valence-corrected chi connectivity index (χ1v) is 7.09. The van der Waals surface area contributed by atoms with Crippen molar-refractivity contribution in [1.29, 1.82) is 0 Å². The van der Waals surface area contributed by atoms with Crippen molar-refractivity contribution in [1.82, 2.24) is 9.97 Å². The van der Waals surface area contributed by atoms with Crippen LogP contribution in [0.15, 0.2) is 36.5 Å². The van der Waals surface area contributed by atoms with Crippen molar-refractivity contribution in [2.24, 2.45) is 0 Å². The van der Waals surface area contributed by atoms with Crippen molar-refractivity contribution in [3.63, 3.8) is 0 Å². The molecule has 20 heavy (non-hydrogen) atoms. The second-order valence-corrected chi connectivity index (χ2v) is 5.36. The maximum atomic E-state index is 4.54. The lowest BCUT2D eigenvalue weighted by atomic mass is 10.2. The van der Waals surface area contributed by atoms with Crippen LogP contribution in [0.2, 0.25) is 0 Å². The number of nitrogens with zero attached hydrogens (tertiary/aromatic N) is 3. The third-order valence-electron chi connectivity index (χ3n) is 3.73. The van der Waals surface area contributed by atoms with Crippen LogP contribution >= 0.6 is 0 Å². The van der Waals surface area contributed by atoms with E-state index in [1.165, 1.54) is 5.69 Å². The molecule has 1 aliphatic heterocycles. The number of para-hydroxylation sites is 1. The van der Waals surface area contributed by atoms with E-state index >= 15 is 0 Å². The SMILES string of the molecule is Cc1cnc(C)c(NC2CCN(c3ccccc3)C2)n1. The number of hydrogen-bond acceptors (Lipinski definition) is 4. The molecule has 4 heteroatoms. The van der Waals surface area contributed by atoms with E-state index in [1.807, 2.05) is 20.0 Å². The van der Waals surface area contributed by atoms with Gasteiger partial charge in [0.25, 0.3) is 0 Å².